The summed E-state index contributed by atoms with van der Waals surface area (Å²) in [5.74, 6) is -1.34. The molecule has 0 saturated carbocycles. The van der Waals surface area contributed by atoms with Crippen molar-refractivity contribution >= 4 is 11.9 Å². The molecule has 2 aliphatic heterocycles. The van der Waals surface area contributed by atoms with Crippen LogP contribution in [0.1, 0.15) is 34.5 Å². The molecule has 1 aromatic heterocycles. The molecule has 0 aliphatic carbocycles. The summed E-state index contributed by atoms with van der Waals surface area (Å²) in [7, 11) is 0. The number of rotatable bonds is 4. The first kappa shape index (κ1) is 21.2. The number of ether oxygens (including phenoxy) is 1. The number of carbonyl (C=O) groups excluding carboxylic acids is 1. The normalized spacial score (nSPS) is 15.5. The van der Waals surface area contributed by atoms with Gasteiger partial charge in [-0.15, -0.1) is 0 Å². The van der Waals surface area contributed by atoms with Crippen molar-refractivity contribution in [1.29, 1.82) is 0 Å². The van der Waals surface area contributed by atoms with Crippen molar-refractivity contribution in [2.24, 2.45) is 0 Å². The van der Waals surface area contributed by atoms with Crippen LogP contribution in [0.3, 0.4) is 0 Å². The van der Waals surface area contributed by atoms with Crippen LogP contribution in [0.2, 0.25) is 0 Å². The Morgan fingerprint density at radius 1 is 0.909 bits per heavy atom. The van der Waals surface area contributed by atoms with E-state index in [1.54, 1.807) is 0 Å². The molecule has 5 rings (SSSR count). The van der Waals surface area contributed by atoms with Crippen molar-refractivity contribution in [3.63, 3.8) is 0 Å². The fraction of sp³-hybridized carbons (Fsp3) is 0.292. The minimum atomic E-state index is -0.908. The van der Waals surface area contributed by atoms with E-state index in [0.717, 1.165) is 43.8 Å². The molecule has 3 heterocycles. The van der Waals surface area contributed by atoms with Crippen LogP contribution >= 0.6 is 0 Å². The van der Waals surface area contributed by atoms with E-state index in [1.807, 2.05) is 0 Å². The summed E-state index contributed by atoms with van der Waals surface area (Å²) in [5, 5.41) is 0. The summed E-state index contributed by atoms with van der Waals surface area (Å²) in [6.45, 7) is 2.14. The Kier molecular flexibility index (Phi) is 5.62. The molecular weight excluding hydrogens is 433 g/mol. The molecule has 1 saturated heterocycles. The van der Waals surface area contributed by atoms with Gasteiger partial charge in [0.25, 0.3) is 5.91 Å². The molecule has 2 aliphatic rings. The van der Waals surface area contributed by atoms with Crippen LogP contribution in [0.25, 0.3) is 0 Å². The predicted octanol–water partition coefficient (Wildman–Crippen LogP) is 4.48. The van der Waals surface area contributed by atoms with Crippen molar-refractivity contribution in [1.82, 2.24) is 14.9 Å². The van der Waals surface area contributed by atoms with Gasteiger partial charge in [-0.25, -0.2) is 18.2 Å². The number of anilines is 1. The van der Waals surface area contributed by atoms with Gasteiger partial charge in [0.1, 0.15) is 23.2 Å². The molecule has 170 valence electrons. The molecule has 0 radical (unpaired) electrons. The number of benzene rings is 2. The maximum absolute atomic E-state index is 14.2. The molecule has 1 fully saturated rings. The largest absolute Gasteiger partial charge is 0.438 e. The second kappa shape index (κ2) is 8.73. The summed E-state index contributed by atoms with van der Waals surface area (Å²) in [4.78, 5) is 25.8. The Morgan fingerprint density at radius 3 is 2.36 bits per heavy atom. The minimum Gasteiger partial charge on any atom is -0.438 e. The number of hydrogen-bond acceptors (Lipinski definition) is 5. The summed E-state index contributed by atoms with van der Waals surface area (Å²) >= 11 is 0. The van der Waals surface area contributed by atoms with E-state index in [2.05, 4.69) is 9.88 Å². The third-order valence-corrected chi connectivity index (χ3v) is 5.88. The zero-order valence-electron chi connectivity index (χ0n) is 17.7. The second-order valence-corrected chi connectivity index (χ2v) is 8.11. The van der Waals surface area contributed by atoms with Crippen LogP contribution in [-0.4, -0.2) is 40.4 Å². The van der Waals surface area contributed by atoms with E-state index in [-0.39, 0.29) is 23.8 Å². The van der Waals surface area contributed by atoms with Gasteiger partial charge in [0.15, 0.2) is 0 Å². The van der Waals surface area contributed by atoms with E-state index in [9.17, 15) is 18.0 Å². The standard InChI is InChI=1S/C24H21F3N4O2/c25-15-3-6-17(7-4-15)33-22-19-14-31(23(32)18-8-5-16(26)13-20(18)27)12-9-21(19)28-24(29-22)30-10-1-2-11-30/h3-8,13H,1-2,9-12,14H2. The van der Waals surface area contributed by atoms with Gasteiger partial charge in [0, 0.05) is 32.1 Å². The minimum absolute atomic E-state index is 0.113. The van der Waals surface area contributed by atoms with E-state index in [0.29, 0.717) is 36.3 Å². The molecular formula is C24H21F3N4O2. The average Bonchev–Trinajstić information content (AvgIpc) is 3.35. The van der Waals surface area contributed by atoms with Crippen molar-refractivity contribution < 1.29 is 22.7 Å². The van der Waals surface area contributed by atoms with E-state index >= 15 is 0 Å². The number of carbonyl (C=O) groups is 1. The van der Waals surface area contributed by atoms with Crippen LogP contribution in [0.5, 0.6) is 11.6 Å². The molecule has 6 nitrogen and oxygen atoms in total. The quantitative estimate of drug-likeness (QED) is 0.582. The number of fused-ring (bicyclic) bond motifs is 1. The van der Waals surface area contributed by atoms with E-state index < -0.39 is 17.5 Å². The summed E-state index contributed by atoms with van der Waals surface area (Å²) in [5.41, 5.74) is 1.17. The SMILES string of the molecule is O=C(c1ccc(F)cc1F)N1CCc2nc(N3CCCC3)nc(Oc3ccc(F)cc3)c2C1. The lowest BCUT2D eigenvalue weighted by Crippen LogP contribution is -2.37. The topological polar surface area (TPSA) is 58.6 Å². The highest BCUT2D eigenvalue weighted by atomic mass is 19.1. The highest BCUT2D eigenvalue weighted by Gasteiger charge is 2.30. The smallest absolute Gasteiger partial charge is 0.257 e. The van der Waals surface area contributed by atoms with Crippen LogP contribution in [0, 0.1) is 17.5 Å². The lowest BCUT2D eigenvalue weighted by Gasteiger charge is -2.30. The number of halogens is 3. The number of amides is 1. The summed E-state index contributed by atoms with van der Waals surface area (Å²) in [6, 6.07) is 8.47. The van der Waals surface area contributed by atoms with Gasteiger partial charge < -0.3 is 14.5 Å². The van der Waals surface area contributed by atoms with Gasteiger partial charge >= 0.3 is 0 Å². The molecule has 0 spiro atoms. The van der Waals surface area contributed by atoms with E-state index in [1.165, 1.54) is 29.2 Å². The zero-order chi connectivity index (χ0) is 22.9. The van der Waals surface area contributed by atoms with Gasteiger partial charge in [0.2, 0.25) is 11.8 Å². The molecule has 0 atom stereocenters. The third kappa shape index (κ3) is 4.35. The predicted molar refractivity (Wildman–Crippen MR) is 115 cm³/mol. The lowest BCUT2D eigenvalue weighted by molar-refractivity contribution is 0.0727. The van der Waals surface area contributed by atoms with Gasteiger partial charge in [-0.1, -0.05) is 0 Å². The monoisotopic (exact) mass is 454 g/mol. The first-order valence-corrected chi connectivity index (χ1v) is 10.8. The third-order valence-electron chi connectivity index (χ3n) is 5.88. The Bertz CT molecular complexity index is 1200. The molecule has 33 heavy (non-hydrogen) atoms. The average molecular weight is 454 g/mol. The van der Waals surface area contributed by atoms with Crippen LogP contribution in [0.4, 0.5) is 19.1 Å². The van der Waals surface area contributed by atoms with Gasteiger partial charge in [0.05, 0.1) is 23.4 Å². The summed E-state index contributed by atoms with van der Waals surface area (Å²) < 4.78 is 46.8. The molecule has 0 N–H and O–H groups in total. The zero-order valence-corrected chi connectivity index (χ0v) is 17.7. The van der Waals surface area contributed by atoms with Crippen LogP contribution in [-0.2, 0) is 13.0 Å². The summed E-state index contributed by atoms with van der Waals surface area (Å²) in [6.07, 6.45) is 2.55. The first-order valence-electron chi connectivity index (χ1n) is 10.8. The molecule has 0 bridgehead atoms. The molecule has 2 aromatic carbocycles. The fourth-order valence-corrected chi connectivity index (χ4v) is 4.14. The van der Waals surface area contributed by atoms with Crippen LogP contribution in [0.15, 0.2) is 42.5 Å². The Morgan fingerprint density at radius 2 is 1.64 bits per heavy atom. The van der Waals surface area contributed by atoms with Gasteiger partial charge in [-0.05, 0) is 49.2 Å². The molecule has 3 aromatic rings. The highest BCUT2D eigenvalue weighted by Crippen LogP contribution is 2.33. The fourth-order valence-electron chi connectivity index (χ4n) is 4.14. The number of hydrogen-bond donors (Lipinski definition) is 0. The number of aromatic nitrogens is 2. The Hall–Kier alpha value is -3.62. The molecule has 9 heteroatoms. The van der Waals surface area contributed by atoms with Gasteiger partial charge in [-0.2, -0.15) is 4.98 Å². The van der Waals surface area contributed by atoms with Gasteiger partial charge in [-0.3, -0.25) is 4.79 Å². The van der Waals surface area contributed by atoms with Crippen molar-refractivity contribution in [3.8, 4) is 11.6 Å². The molecule has 0 unspecified atom stereocenters. The first-order chi connectivity index (χ1) is 16.0. The second-order valence-electron chi connectivity index (χ2n) is 8.11. The lowest BCUT2D eigenvalue weighted by atomic mass is 10.0. The van der Waals surface area contributed by atoms with Crippen molar-refractivity contribution in [2.75, 3.05) is 24.5 Å². The maximum atomic E-state index is 14.2. The van der Waals surface area contributed by atoms with Crippen molar-refractivity contribution in [3.05, 3.63) is 76.7 Å². The number of nitrogens with zero attached hydrogens (tertiary/aromatic N) is 4. The van der Waals surface area contributed by atoms with E-state index in [4.69, 9.17) is 9.72 Å². The van der Waals surface area contributed by atoms with Crippen molar-refractivity contribution in [2.45, 2.75) is 25.8 Å². The maximum Gasteiger partial charge on any atom is 0.257 e. The highest BCUT2D eigenvalue weighted by molar-refractivity contribution is 5.94. The Labute approximate surface area is 188 Å². The molecule has 1 amide bonds. The Balaban J connectivity index is 1.48. The van der Waals surface area contributed by atoms with Crippen LogP contribution < -0.4 is 9.64 Å².